The second kappa shape index (κ2) is 6.02. The summed E-state index contributed by atoms with van der Waals surface area (Å²) in [6, 6.07) is 0. The van der Waals surface area contributed by atoms with Crippen molar-refractivity contribution in [2.24, 2.45) is 0 Å². The number of nitrogens with zero attached hydrogens (tertiary/aromatic N) is 1. The molecule has 0 saturated heterocycles. The molecule has 0 heterocycles. The van der Waals surface area contributed by atoms with Gasteiger partial charge in [-0.3, -0.25) is 0 Å². The Bertz CT molecular complexity index is 316. The highest BCUT2D eigenvalue weighted by Crippen LogP contribution is 2.11. The van der Waals surface area contributed by atoms with Crippen LogP contribution in [0.5, 0.6) is 0 Å². The highest BCUT2D eigenvalue weighted by atomic mass is 32.2. The van der Waals surface area contributed by atoms with Crippen molar-refractivity contribution in [3.8, 4) is 0 Å². The number of hydrogen-bond donors (Lipinski definition) is 2. The van der Waals surface area contributed by atoms with Crippen LogP contribution in [-0.4, -0.2) is 45.1 Å². The molecular weight excluding hydrogens is 234 g/mol. The summed E-state index contributed by atoms with van der Waals surface area (Å²) in [7, 11) is -2.51. The van der Waals surface area contributed by atoms with E-state index in [1.807, 2.05) is 10.3 Å². The van der Waals surface area contributed by atoms with E-state index >= 15 is 0 Å². The van der Waals surface area contributed by atoms with Gasteiger partial charge in [-0.25, -0.2) is 14.1 Å². The highest BCUT2D eigenvalue weighted by molar-refractivity contribution is 7.83. The molecule has 16 heavy (non-hydrogen) atoms. The predicted molar refractivity (Wildman–Crippen MR) is 59.5 cm³/mol. The van der Waals surface area contributed by atoms with Crippen molar-refractivity contribution < 1.29 is 21.8 Å². The Morgan fingerprint density at radius 2 is 1.62 bits per heavy atom. The highest BCUT2D eigenvalue weighted by Gasteiger charge is 2.37. The zero-order valence-corrected chi connectivity index (χ0v) is 10.9. The number of quaternary nitrogens is 1. The fraction of sp³-hybridized carbons (Fsp3) is 0.875. The number of hydrazine groups is 1. The zero-order valence-electron chi connectivity index (χ0n) is 10.1. The van der Waals surface area contributed by atoms with Crippen LogP contribution in [0.3, 0.4) is 0 Å². The summed E-state index contributed by atoms with van der Waals surface area (Å²) in [5.74, 6) is 0. The molecule has 0 rings (SSSR count). The maximum absolute atomic E-state index is 12.0. The van der Waals surface area contributed by atoms with Gasteiger partial charge in [0.25, 0.3) is 0 Å². The van der Waals surface area contributed by atoms with E-state index in [1.165, 1.54) is 0 Å². The first-order chi connectivity index (χ1) is 7.39. The van der Waals surface area contributed by atoms with Crippen LogP contribution in [0.15, 0.2) is 0 Å². The average molecular weight is 254 g/mol. The van der Waals surface area contributed by atoms with Crippen LogP contribution in [0.4, 0.5) is 4.79 Å². The quantitative estimate of drug-likeness (QED) is 0.515. The minimum atomic E-state index is -3.66. The van der Waals surface area contributed by atoms with Crippen LogP contribution in [0.25, 0.3) is 0 Å². The van der Waals surface area contributed by atoms with Gasteiger partial charge in [0.2, 0.25) is 0 Å². The van der Waals surface area contributed by atoms with Gasteiger partial charge in [-0.1, -0.05) is 4.83 Å². The fourth-order valence-corrected chi connectivity index (χ4v) is 2.86. The zero-order chi connectivity index (χ0) is 12.8. The van der Waals surface area contributed by atoms with Gasteiger partial charge in [0.1, 0.15) is 0 Å². The molecule has 0 atom stereocenters. The van der Waals surface area contributed by atoms with E-state index in [2.05, 4.69) is 4.74 Å². The first-order valence-electron chi connectivity index (χ1n) is 5.11. The van der Waals surface area contributed by atoms with Crippen LogP contribution < -0.4 is 10.3 Å². The van der Waals surface area contributed by atoms with Crippen LogP contribution >= 0.6 is 0 Å². The lowest BCUT2D eigenvalue weighted by Gasteiger charge is -2.33. The number of ether oxygens (including phenoxy) is 1. The van der Waals surface area contributed by atoms with Crippen LogP contribution in [0, 0.1) is 0 Å². The number of methoxy groups -OCH3 is 1. The first-order valence-corrected chi connectivity index (χ1v) is 6.55. The molecule has 0 fully saturated rings. The lowest BCUT2D eigenvalue weighted by atomic mass is 10.5. The van der Waals surface area contributed by atoms with Crippen LogP contribution in [0.1, 0.15) is 20.8 Å². The van der Waals surface area contributed by atoms with Gasteiger partial charge in [-0.05, 0) is 20.8 Å². The topological polar surface area (TPSA) is 84.5 Å². The van der Waals surface area contributed by atoms with Crippen molar-refractivity contribution in [3.63, 3.8) is 0 Å². The smallest absolute Gasteiger partial charge is 0.422 e. The summed E-state index contributed by atoms with van der Waals surface area (Å²) in [5.41, 5.74) is 1.97. The van der Waals surface area contributed by atoms with Crippen molar-refractivity contribution in [2.75, 3.05) is 26.7 Å². The Kier molecular flexibility index (Phi) is 5.70. The van der Waals surface area contributed by atoms with E-state index in [0.717, 1.165) is 7.11 Å². The van der Waals surface area contributed by atoms with Gasteiger partial charge in [0.15, 0.2) is 0 Å². The maximum atomic E-state index is 12.0. The second-order valence-electron chi connectivity index (χ2n) is 3.20. The molecule has 0 aliphatic carbocycles. The monoisotopic (exact) mass is 254 g/mol. The lowest BCUT2D eigenvalue weighted by molar-refractivity contribution is -0.801. The minimum absolute atomic E-state index is 0.142. The second-order valence-corrected chi connectivity index (χ2v) is 5.13. The van der Waals surface area contributed by atoms with Gasteiger partial charge >= 0.3 is 16.3 Å². The van der Waals surface area contributed by atoms with Crippen molar-refractivity contribution in [2.45, 2.75) is 20.8 Å². The number of carbonyl (C=O) groups is 1. The summed E-state index contributed by atoms with van der Waals surface area (Å²) in [6.45, 7) is 6.61. The van der Waals surface area contributed by atoms with E-state index in [0.29, 0.717) is 19.6 Å². The molecule has 7 nitrogen and oxygen atoms in total. The molecular formula is C8H20N3O4S+. The Morgan fingerprint density at radius 3 is 1.94 bits per heavy atom. The molecule has 0 radical (unpaired) electrons. The Hall–Kier alpha value is -0.860. The SMILES string of the molecule is CC[N+](CC)(CC)S(=O)(=O)NNC(=O)OC. The van der Waals surface area contributed by atoms with E-state index < -0.39 is 16.3 Å². The van der Waals surface area contributed by atoms with Gasteiger partial charge in [-0.15, -0.1) is 0 Å². The van der Waals surface area contributed by atoms with Crippen molar-refractivity contribution in [1.29, 1.82) is 0 Å². The van der Waals surface area contributed by atoms with E-state index in [-0.39, 0.29) is 3.89 Å². The molecule has 2 N–H and O–H groups in total. The minimum Gasteiger partial charge on any atom is -0.452 e. The fourth-order valence-electron chi connectivity index (χ4n) is 1.43. The predicted octanol–water partition coefficient (Wildman–Crippen LogP) is -0.0317. The summed E-state index contributed by atoms with van der Waals surface area (Å²) in [4.78, 5) is 12.8. The number of nitrogens with one attached hydrogen (secondary N) is 2. The molecule has 1 amide bonds. The number of hydrogen-bond acceptors (Lipinski definition) is 4. The van der Waals surface area contributed by atoms with Crippen molar-refractivity contribution >= 4 is 16.3 Å². The average Bonchev–Trinajstić information content (AvgIpc) is 2.28. The number of rotatable bonds is 6. The molecule has 0 aliphatic rings. The van der Waals surface area contributed by atoms with E-state index in [1.54, 1.807) is 20.8 Å². The largest absolute Gasteiger partial charge is 0.452 e. The van der Waals surface area contributed by atoms with Crippen LogP contribution in [0.2, 0.25) is 0 Å². The van der Waals surface area contributed by atoms with E-state index in [4.69, 9.17) is 0 Å². The summed E-state index contributed by atoms with van der Waals surface area (Å²) < 4.78 is 28.0. The summed E-state index contributed by atoms with van der Waals surface area (Å²) in [6.07, 6.45) is -0.843. The third-order valence-corrected chi connectivity index (χ3v) is 4.86. The Morgan fingerprint density at radius 1 is 1.19 bits per heavy atom. The molecule has 0 bridgehead atoms. The molecule has 0 spiro atoms. The molecule has 0 saturated carbocycles. The Labute approximate surface area is 96.5 Å². The van der Waals surface area contributed by atoms with Crippen LogP contribution in [-0.2, 0) is 14.9 Å². The maximum Gasteiger partial charge on any atom is 0.422 e. The summed E-state index contributed by atoms with van der Waals surface area (Å²) >= 11 is 0. The number of carbonyl (C=O) groups excluding carboxylic acids is 1. The van der Waals surface area contributed by atoms with Gasteiger partial charge in [0.05, 0.1) is 26.7 Å². The third-order valence-electron chi connectivity index (χ3n) is 2.71. The molecule has 0 unspecified atom stereocenters. The lowest BCUT2D eigenvalue weighted by Crippen LogP contribution is -2.60. The molecule has 0 aliphatic heterocycles. The Balaban J connectivity index is 4.81. The van der Waals surface area contributed by atoms with Gasteiger partial charge < -0.3 is 4.74 Å². The number of amides is 1. The molecule has 0 aromatic rings. The summed E-state index contributed by atoms with van der Waals surface area (Å²) in [5, 5.41) is 0. The molecule has 8 heteroatoms. The third kappa shape index (κ3) is 3.06. The standard InChI is InChI=1S/C8H19N3O4S/c1-5-11(6-2,7-3)16(13,14)10-9-8(12)15-4/h10H,5-7H2,1-4H3/p+1. The van der Waals surface area contributed by atoms with Crippen molar-refractivity contribution in [3.05, 3.63) is 0 Å². The molecule has 0 aromatic carbocycles. The van der Waals surface area contributed by atoms with Gasteiger partial charge in [-0.2, -0.15) is 8.42 Å². The van der Waals surface area contributed by atoms with Crippen molar-refractivity contribution in [1.82, 2.24) is 10.3 Å². The normalized spacial score (nSPS) is 12.2. The molecule has 96 valence electrons. The van der Waals surface area contributed by atoms with E-state index in [9.17, 15) is 13.2 Å². The van der Waals surface area contributed by atoms with Gasteiger partial charge in [0, 0.05) is 0 Å². The molecule has 0 aromatic heterocycles. The first kappa shape index (κ1) is 15.1.